The van der Waals surface area contributed by atoms with Crippen molar-refractivity contribution >= 4 is 17.3 Å². The lowest BCUT2D eigenvalue weighted by molar-refractivity contribution is 0.282. The zero-order valence-electron chi connectivity index (χ0n) is 9.41. The van der Waals surface area contributed by atoms with Crippen molar-refractivity contribution in [2.24, 2.45) is 0 Å². The third-order valence-corrected chi connectivity index (χ3v) is 3.19. The number of hydrogen-bond donors (Lipinski definition) is 1. The van der Waals surface area contributed by atoms with E-state index >= 15 is 0 Å². The van der Waals surface area contributed by atoms with E-state index in [2.05, 4.69) is 17.9 Å². The van der Waals surface area contributed by atoms with Gasteiger partial charge < -0.3 is 10.0 Å². The summed E-state index contributed by atoms with van der Waals surface area (Å²) < 4.78 is 0. The van der Waals surface area contributed by atoms with Gasteiger partial charge in [0.15, 0.2) is 0 Å². The predicted molar refractivity (Wildman–Crippen MR) is 68.0 cm³/mol. The van der Waals surface area contributed by atoms with E-state index in [4.69, 9.17) is 11.6 Å². The van der Waals surface area contributed by atoms with Gasteiger partial charge in [-0.3, -0.25) is 0 Å². The van der Waals surface area contributed by atoms with Crippen molar-refractivity contribution in [1.82, 2.24) is 0 Å². The summed E-state index contributed by atoms with van der Waals surface area (Å²) >= 11 is 6.22. The maximum absolute atomic E-state index is 9.34. The van der Waals surface area contributed by atoms with Crippen molar-refractivity contribution in [3.63, 3.8) is 0 Å². The SMILES string of the molecule is CC1=CCCN(c2c(Cl)cccc2CO)C1. The molecule has 16 heavy (non-hydrogen) atoms. The van der Waals surface area contributed by atoms with Crippen molar-refractivity contribution in [2.45, 2.75) is 20.0 Å². The van der Waals surface area contributed by atoms with Crippen LogP contribution in [0.25, 0.3) is 0 Å². The highest BCUT2D eigenvalue weighted by Crippen LogP contribution is 2.31. The summed E-state index contributed by atoms with van der Waals surface area (Å²) in [5.41, 5.74) is 3.25. The number of aliphatic hydroxyl groups excluding tert-OH is 1. The molecular formula is C13H16ClNO. The summed E-state index contributed by atoms with van der Waals surface area (Å²) in [5.74, 6) is 0. The van der Waals surface area contributed by atoms with Gasteiger partial charge in [0, 0.05) is 18.7 Å². The predicted octanol–water partition coefficient (Wildman–Crippen LogP) is 2.99. The second kappa shape index (κ2) is 4.89. The summed E-state index contributed by atoms with van der Waals surface area (Å²) in [5, 5.41) is 10.1. The standard InChI is InChI=1S/C13H16ClNO/c1-10-4-3-7-15(8-10)13-11(9-16)5-2-6-12(13)14/h2,4-6,16H,3,7-9H2,1H3. The van der Waals surface area contributed by atoms with Crippen LogP contribution in [0.2, 0.25) is 5.02 Å². The summed E-state index contributed by atoms with van der Waals surface area (Å²) in [6.07, 6.45) is 3.30. The van der Waals surface area contributed by atoms with E-state index in [1.54, 1.807) is 0 Å². The van der Waals surface area contributed by atoms with Crippen LogP contribution in [0, 0.1) is 0 Å². The van der Waals surface area contributed by atoms with Crippen LogP contribution in [-0.2, 0) is 6.61 Å². The normalized spacial score (nSPS) is 16.2. The van der Waals surface area contributed by atoms with E-state index in [0.29, 0.717) is 0 Å². The molecule has 0 atom stereocenters. The molecule has 86 valence electrons. The molecule has 2 nitrogen and oxygen atoms in total. The third-order valence-electron chi connectivity index (χ3n) is 2.89. The van der Waals surface area contributed by atoms with E-state index in [0.717, 1.165) is 35.8 Å². The first kappa shape index (κ1) is 11.5. The number of aliphatic hydroxyl groups is 1. The van der Waals surface area contributed by atoms with Gasteiger partial charge in [0.05, 0.1) is 17.3 Å². The number of halogens is 1. The van der Waals surface area contributed by atoms with Gasteiger partial charge in [-0.15, -0.1) is 0 Å². The minimum atomic E-state index is 0.0369. The number of nitrogens with zero attached hydrogens (tertiary/aromatic N) is 1. The molecule has 0 spiro atoms. The molecule has 2 rings (SSSR count). The second-order valence-electron chi connectivity index (χ2n) is 4.17. The van der Waals surface area contributed by atoms with Crippen LogP contribution >= 0.6 is 11.6 Å². The molecule has 0 unspecified atom stereocenters. The first-order valence-corrected chi connectivity index (χ1v) is 5.89. The Kier molecular flexibility index (Phi) is 3.52. The van der Waals surface area contributed by atoms with Gasteiger partial charge in [-0.05, 0) is 19.4 Å². The molecule has 1 aliphatic heterocycles. The number of para-hydroxylation sites is 1. The molecule has 1 aliphatic rings. The van der Waals surface area contributed by atoms with Crippen LogP contribution in [0.1, 0.15) is 18.9 Å². The molecule has 1 aromatic carbocycles. The van der Waals surface area contributed by atoms with Crippen molar-refractivity contribution < 1.29 is 5.11 Å². The minimum absolute atomic E-state index is 0.0369. The first-order valence-electron chi connectivity index (χ1n) is 5.51. The monoisotopic (exact) mass is 237 g/mol. The Balaban J connectivity index is 2.36. The summed E-state index contributed by atoms with van der Waals surface area (Å²) in [6, 6.07) is 5.68. The van der Waals surface area contributed by atoms with Gasteiger partial charge in [-0.1, -0.05) is 35.4 Å². The summed E-state index contributed by atoms with van der Waals surface area (Å²) in [4.78, 5) is 2.24. The minimum Gasteiger partial charge on any atom is -0.392 e. The lowest BCUT2D eigenvalue weighted by atomic mass is 10.1. The Labute approximate surface area is 101 Å². The molecule has 1 aromatic rings. The van der Waals surface area contributed by atoms with Crippen molar-refractivity contribution in [2.75, 3.05) is 18.0 Å². The lowest BCUT2D eigenvalue weighted by Gasteiger charge is -2.30. The molecule has 0 amide bonds. The van der Waals surface area contributed by atoms with E-state index in [9.17, 15) is 5.11 Å². The molecule has 0 fully saturated rings. The van der Waals surface area contributed by atoms with E-state index in [-0.39, 0.29) is 6.61 Å². The highest BCUT2D eigenvalue weighted by atomic mass is 35.5. The Hall–Kier alpha value is -0.990. The molecule has 0 bridgehead atoms. The van der Waals surface area contributed by atoms with Gasteiger partial charge in [0.25, 0.3) is 0 Å². The van der Waals surface area contributed by atoms with Gasteiger partial charge in [-0.25, -0.2) is 0 Å². The van der Waals surface area contributed by atoms with E-state index < -0.39 is 0 Å². The van der Waals surface area contributed by atoms with Crippen LogP contribution in [-0.4, -0.2) is 18.2 Å². The average molecular weight is 238 g/mol. The zero-order valence-corrected chi connectivity index (χ0v) is 10.2. The van der Waals surface area contributed by atoms with E-state index in [1.807, 2.05) is 18.2 Å². The molecule has 0 saturated carbocycles. The molecule has 0 aromatic heterocycles. The maximum Gasteiger partial charge on any atom is 0.0702 e. The van der Waals surface area contributed by atoms with Crippen LogP contribution in [0.5, 0.6) is 0 Å². The van der Waals surface area contributed by atoms with Gasteiger partial charge >= 0.3 is 0 Å². The average Bonchev–Trinajstić information content (AvgIpc) is 2.28. The smallest absolute Gasteiger partial charge is 0.0702 e. The topological polar surface area (TPSA) is 23.5 Å². The first-order chi connectivity index (χ1) is 7.72. The number of benzene rings is 1. The number of hydrogen-bond acceptors (Lipinski definition) is 2. The highest BCUT2D eigenvalue weighted by Gasteiger charge is 2.16. The largest absolute Gasteiger partial charge is 0.392 e. The Bertz CT molecular complexity index is 414. The van der Waals surface area contributed by atoms with Crippen molar-refractivity contribution in [3.05, 3.63) is 40.4 Å². The number of anilines is 1. The van der Waals surface area contributed by atoms with Gasteiger partial charge in [0.1, 0.15) is 0 Å². The maximum atomic E-state index is 9.34. The molecular weight excluding hydrogens is 222 g/mol. The highest BCUT2D eigenvalue weighted by molar-refractivity contribution is 6.33. The summed E-state index contributed by atoms with van der Waals surface area (Å²) in [6.45, 7) is 4.03. The van der Waals surface area contributed by atoms with E-state index in [1.165, 1.54) is 5.57 Å². The Morgan fingerprint density at radius 1 is 1.44 bits per heavy atom. The fraction of sp³-hybridized carbons (Fsp3) is 0.385. The molecule has 3 heteroatoms. The molecule has 1 N–H and O–H groups in total. The lowest BCUT2D eigenvalue weighted by Crippen LogP contribution is -2.30. The molecule has 0 aliphatic carbocycles. The zero-order chi connectivity index (χ0) is 11.5. The van der Waals surface area contributed by atoms with Crippen molar-refractivity contribution in [1.29, 1.82) is 0 Å². The molecule has 0 radical (unpaired) electrons. The van der Waals surface area contributed by atoms with Crippen LogP contribution < -0.4 is 4.90 Å². The van der Waals surface area contributed by atoms with Gasteiger partial charge in [-0.2, -0.15) is 0 Å². The Morgan fingerprint density at radius 3 is 2.94 bits per heavy atom. The fourth-order valence-electron chi connectivity index (χ4n) is 2.14. The molecule has 1 heterocycles. The summed E-state index contributed by atoms with van der Waals surface area (Å²) in [7, 11) is 0. The quantitative estimate of drug-likeness (QED) is 0.800. The third kappa shape index (κ3) is 2.23. The number of rotatable bonds is 2. The Morgan fingerprint density at radius 2 is 2.25 bits per heavy atom. The fourth-order valence-corrected chi connectivity index (χ4v) is 2.46. The van der Waals surface area contributed by atoms with Crippen LogP contribution in [0.3, 0.4) is 0 Å². The van der Waals surface area contributed by atoms with Gasteiger partial charge in [0.2, 0.25) is 0 Å². The second-order valence-corrected chi connectivity index (χ2v) is 4.57. The van der Waals surface area contributed by atoms with Crippen LogP contribution in [0.15, 0.2) is 29.8 Å². The van der Waals surface area contributed by atoms with Crippen molar-refractivity contribution in [3.8, 4) is 0 Å². The van der Waals surface area contributed by atoms with Crippen LogP contribution in [0.4, 0.5) is 5.69 Å². The molecule has 0 saturated heterocycles.